The fourth-order valence-electron chi connectivity index (χ4n) is 4.72. The summed E-state index contributed by atoms with van der Waals surface area (Å²) in [7, 11) is 0. The Kier molecular flexibility index (Phi) is 7.60. The molecule has 0 spiro atoms. The first-order valence-electron chi connectivity index (χ1n) is 12.7. The van der Waals surface area contributed by atoms with Crippen LogP contribution in [0.25, 0.3) is 16.8 Å². The second-order valence-electron chi connectivity index (χ2n) is 9.54. The van der Waals surface area contributed by atoms with E-state index >= 15 is 0 Å². The van der Waals surface area contributed by atoms with Crippen LogP contribution in [0.2, 0.25) is 0 Å². The van der Waals surface area contributed by atoms with Crippen molar-refractivity contribution in [3.05, 3.63) is 82.3 Å². The molecule has 2 aliphatic heterocycles. The van der Waals surface area contributed by atoms with Crippen LogP contribution in [0.15, 0.2) is 65.6 Å². The van der Waals surface area contributed by atoms with Crippen molar-refractivity contribution in [3.63, 3.8) is 0 Å². The molecule has 2 saturated heterocycles. The molecule has 0 atom stereocenters. The average molecular weight is 515 g/mol. The number of rotatable bonds is 6. The second-order valence-corrected chi connectivity index (χ2v) is 10.5. The maximum atomic E-state index is 13.3. The highest BCUT2D eigenvalue weighted by atomic mass is 32.2. The Hall–Kier alpha value is -3.58. The maximum absolute atomic E-state index is 13.3. The van der Waals surface area contributed by atoms with Gasteiger partial charge < -0.3 is 9.64 Å². The molecular weight excluding hydrogens is 484 g/mol. The van der Waals surface area contributed by atoms with Gasteiger partial charge in [-0.2, -0.15) is 0 Å². The summed E-state index contributed by atoms with van der Waals surface area (Å²) in [6.07, 6.45) is 5.86. The van der Waals surface area contributed by atoms with Gasteiger partial charge in [0.05, 0.1) is 4.91 Å². The molecule has 0 N–H and O–H groups in total. The zero-order valence-corrected chi connectivity index (χ0v) is 21.8. The highest BCUT2D eigenvalue weighted by Crippen LogP contribution is 2.37. The molecule has 3 aromatic rings. The Bertz CT molecular complexity index is 1360. The van der Waals surface area contributed by atoms with E-state index in [2.05, 4.69) is 0 Å². The van der Waals surface area contributed by atoms with Gasteiger partial charge in [-0.15, -0.1) is 0 Å². The molecule has 37 heavy (non-hydrogen) atoms. The number of thioether (sulfide) groups is 1. The molecular formula is C30H30N2O4S. The van der Waals surface area contributed by atoms with Crippen molar-refractivity contribution in [2.24, 2.45) is 0 Å². The highest BCUT2D eigenvalue weighted by molar-refractivity contribution is 8.18. The lowest BCUT2D eigenvalue weighted by atomic mass is 10.0. The van der Waals surface area contributed by atoms with E-state index < -0.39 is 11.1 Å². The standard InChI is InChI=1S/C30H30N2O4S/c1-21-10-12-22(13-11-21)20-36-26-15-14-23-8-4-5-9-24(23)25(26)18-27-29(34)32(30(35)37-27)19-28(33)31-16-6-2-3-7-17-31/h4-5,8-15,18H,2-3,6-7,16-17,19-20H2,1H3. The van der Waals surface area contributed by atoms with E-state index in [1.54, 1.807) is 11.0 Å². The largest absolute Gasteiger partial charge is 0.488 e. The predicted molar refractivity (Wildman–Crippen MR) is 147 cm³/mol. The Morgan fingerprint density at radius 2 is 1.68 bits per heavy atom. The molecule has 2 fully saturated rings. The molecule has 2 heterocycles. The predicted octanol–water partition coefficient (Wildman–Crippen LogP) is 6.17. The molecule has 6 nitrogen and oxygen atoms in total. The summed E-state index contributed by atoms with van der Waals surface area (Å²) in [5, 5.41) is 1.52. The summed E-state index contributed by atoms with van der Waals surface area (Å²) < 4.78 is 6.20. The fourth-order valence-corrected chi connectivity index (χ4v) is 5.54. The second kappa shape index (κ2) is 11.2. The Morgan fingerprint density at radius 1 is 0.946 bits per heavy atom. The van der Waals surface area contributed by atoms with E-state index in [0.717, 1.165) is 64.2 Å². The summed E-state index contributed by atoms with van der Waals surface area (Å²) in [4.78, 5) is 42.1. The Balaban J connectivity index is 1.40. The van der Waals surface area contributed by atoms with Crippen LogP contribution in [0.3, 0.4) is 0 Å². The fraction of sp³-hybridized carbons (Fsp3) is 0.300. The molecule has 0 radical (unpaired) electrons. The number of ether oxygens (including phenoxy) is 1. The average Bonchev–Trinajstić information content (AvgIpc) is 3.09. The number of carbonyl (C=O) groups is 3. The number of carbonyl (C=O) groups excluding carboxylic acids is 3. The quantitative estimate of drug-likeness (QED) is 0.368. The van der Waals surface area contributed by atoms with E-state index in [1.165, 1.54) is 5.56 Å². The van der Waals surface area contributed by atoms with Gasteiger partial charge in [-0.25, -0.2) is 0 Å². The number of aryl methyl sites for hydroxylation is 1. The number of imide groups is 1. The van der Waals surface area contributed by atoms with Crippen molar-refractivity contribution in [3.8, 4) is 5.75 Å². The van der Waals surface area contributed by atoms with E-state index in [4.69, 9.17) is 4.74 Å². The molecule has 7 heteroatoms. The number of amides is 3. The summed E-state index contributed by atoms with van der Waals surface area (Å²) in [5.41, 5.74) is 2.96. The van der Waals surface area contributed by atoms with Gasteiger partial charge in [0.2, 0.25) is 5.91 Å². The van der Waals surface area contributed by atoms with Crippen LogP contribution >= 0.6 is 11.8 Å². The normalized spacial score (nSPS) is 17.5. The third-order valence-electron chi connectivity index (χ3n) is 6.85. The van der Waals surface area contributed by atoms with E-state index in [9.17, 15) is 14.4 Å². The van der Waals surface area contributed by atoms with Crippen molar-refractivity contribution in [2.45, 2.75) is 39.2 Å². The third-order valence-corrected chi connectivity index (χ3v) is 7.75. The van der Waals surface area contributed by atoms with Crippen molar-refractivity contribution in [1.29, 1.82) is 0 Å². The molecule has 3 amide bonds. The van der Waals surface area contributed by atoms with Crippen molar-refractivity contribution < 1.29 is 19.1 Å². The van der Waals surface area contributed by atoms with Gasteiger partial charge in [-0.3, -0.25) is 19.3 Å². The molecule has 0 aliphatic carbocycles. The number of hydrogen-bond acceptors (Lipinski definition) is 5. The number of likely N-dealkylation sites (tertiary alicyclic amines) is 1. The first-order chi connectivity index (χ1) is 18.0. The topological polar surface area (TPSA) is 66.9 Å². The molecule has 0 unspecified atom stereocenters. The summed E-state index contributed by atoms with van der Waals surface area (Å²) >= 11 is 0.875. The highest BCUT2D eigenvalue weighted by Gasteiger charge is 2.37. The van der Waals surface area contributed by atoms with Crippen molar-refractivity contribution in [1.82, 2.24) is 9.80 Å². The summed E-state index contributed by atoms with van der Waals surface area (Å²) in [5.74, 6) is 0.0278. The van der Waals surface area contributed by atoms with Crippen LogP contribution in [-0.4, -0.2) is 46.5 Å². The Labute approximate surface area is 221 Å². The summed E-state index contributed by atoms with van der Waals surface area (Å²) in [6, 6.07) is 19.9. The van der Waals surface area contributed by atoms with Crippen molar-refractivity contribution >= 4 is 45.7 Å². The molecule has 0 bridgehead atoms. The molecule has 0 saturated carbocycles. The van der Waals surface area contributed by atoms with Crippen LogP contribution in [0, 0.1) is 6.92 Å². The minimum Gasteiger partial charge on any atom is -0.488 e. The zero-order chi connectivity index (χ0) is 25.8. The van der Waals surface area contributed by atoms with Gasteiger partial charge in [0, 0.05) is 18.7 Å². The van der Waals surface area contributed by atoms with Gasteiger partial charge in [0.25, 0.3) is 11.1 Å². The van der Waals surface area contributed by atoms with Gasteiger partial charge in [0.1, 0.15) is 18.9 Å². The molecule has 3 aromatic carbocycles. The van der Waals surface area contributed by atoms with Gasteiger partial charge in [0.15, 0.2) is 0 Å². The number of hydrogen-bond donors (Lipinski definition) is 0. The number of nitrogens with zero attached hydrogens (tertiary/aromatic N) is 2. The van der Waals surface area contributed by atoms with E-state index in [0.29, 0.717) is 30.4 Å². The SMILES string of the molecule is Cc1ccc(COc2ccc3ccccc3c2C=C2SC(=O)N(CC(=O)N3CCCCCC3)C2=O)cc1. The summed E-state index contributed by atoms with van der Waals surface area (Å²) in [6.45, 7) is 3.57. The van der Waals surface area contributed by atoms with Crippen LogP contribution in [0.1, 0.15) is 42.4 Å². The van der Waals surface area contributed by atoms with Crippen molar-refractivity contribution in [2.75, 3.05) is 19.6 Å². The Morgan fingerprint density at radius 3 is 2.43 bits per heavy atom. The van der Waals surface area contributed by atoms with Gasteiger partial charge in [-0.1, -0.05) is 73.0 Å². The molecule has 5 rings (SSSR count). The van der Waals surface area contributed by atoms with Gasteiger partial charge in [-0.05, 0) is 60.0 Å². The molecule has 0 aromatic heterocycles. The van der Waals surface area contributed by atoms with E-state index in [1.807, 2.05) is 67.6 Å². The van der Waals surface area contributed by atoms with E-state index in [-0.39, 0.29) is 12.5 Å². The first kappa shape index (κ1) is 25.1. The van der Waals surface area contributed by atoms with Crippen LogP contribution < -0.4 is 4.74 Å². The lowest BCUT2D eigenvalue weighted by Crippen LogP contribution is -2.42. The first-order valence-corrected chi connectivity index (χ1v) is 13.5. The lowest BCUT2D eigenvalue weighted by molar-refractivity contribution is -0.135. The number of fused-ring (bicyclic) bond motifs is 1. The minimum absolute atomic E-state index is 0.169. The maximum Gasteiger partial charge on any atom is 0.294 e. The van der Waals surface area contributed by atoms with Crippen LogP contribution in [-0.2, 0) is 16.2 Å². The molecule has 190 valence electrons. The smallest absolute Gasteiger partial charge is 0.294 e. The zero-order valence-electron chi connectivity index (χ0n) is 20.9. The molecule has 2 aliphatic rings. The van der Waals surface area contributed by atoms with Crippen LogP contribution in [0.5, 0.6) is 5.75 Å². The minimum atomic E-state index is -0.435. The van der Waals surface area contributed by atoms with Gasteiger partial charge >= 0.3 is 0 Å². The monoisotopic (exact) mass is 514 g/mol. The third kappa shape index (κ3) is 5.72. The number of benzene rings is 3. The van der Waals surface area contributed by atoms with Crippen LogP contribution in [0.4, 0.5) is 4.79 Å². The lowest BCUT2D eigenvalue weighted by Gasteiger charge is -2.22.